The third-order valence-corrected chi connectivity index (χ3v) is 0.807. The Morgan fingerprint density at radius 1 is 1.44 bits per heavy atom. The Balaban J connectivity index is 4.00. The molecule has 0 unspecified atom stereocenters. The third-order valence-electron chi connectivity index (χ3n) is 0.807. The minimum absolute atomic E-state index is 1.06. The van der Waals surface area contributed by atoms with E-state index in [1.807, 2.05) is 26.1 Å². The van der Waals surface area contributed by atoms with Crippen LogP contribution in [0.5, 0.6) is 0 Å². The van der Waals surface area contributed by atoms with Gasteiger partial charge in [-0.15, -0.1) is 0 Å². The lowest BCUT2D eigenvalue weighted by Gasteiger charge is -1.88. The van der Waals surface area contributed by atoms with Crippen molar-refractivity contribution in [2.45, 2.75) is 13.8 Å². The van der Waals surface area contributed by atoms with Gasteiger partial charge >= 0.3 is 0 Å². The van der Waals surface area contributed by atoms with E-state index in [4.69, 9.17) is 0 Å². The summed E-state index contributed by atoms with van der Waals surface area (Å²) in [5, 5.41) is 0. The Morgan fingerprint density at radius 3 is 2.33 bits per heavy atom. The van der Waals surface area contributed by atoms with Crippen LogP contribution < -0.4 is 0 Å². The van der Waals surface area contributed by atoms with Crippen LogP contribution in [0.2, 0.25) is 0 Å². The molecular weight excluding hydrogens is 110 g/mol. The van der Waals surface area contributed by atoms with Crippen molar-refractivity contribution in [3.05, 3.63) is 23.8 Å². The molecule has 0 N–H and O–H groups in total. The zero-order chi connectivity index (χ0) is 7.28. The maximum atomic E-state index is 3.85. The highest BCUT2D eigenvalue weighted by Gasteiger charge is 1.79. The molecule has 0 atom stereocenters. The van der Waals surface area contributed by atoms with Gasteiger partial charge in [0.15, 0.2) is 0 Å². The van der Waals surface area contributed by atoms with Crippen LogP contribution in [-0.2, 0) is 0 Å². The highest BCUT2D eigenvalue weighted by Crippen LogP contribution is 1.94. The maximum Gasteiger partial charge on any atom is 0.0277 e. The van der Waals surface area contributed by atoms with E-state index in [0.29, 0.717) is 0 Å². The second-order valence-electron chi connectivity index (χ2n) is 2.12. The Bertz CT molecular complexity index is 152. The summed E-state index contributed by atoms with van der Waals surface area (Å²) in [5.41, 5.74) is 2.21. The molecule has 0 heterocycles. The number of nitrogens with zero attached hydrogens (tertiary/aromatic N) is 1. The molecule has 0 aliphatic rings. The van der Waals surface area contributed by atoms with Gasteiger partial charge in [0.05, 0.1) is 0 Å². The lowest BCUT2D eigenvalue weighted by molar-refractivity contribution is 1.43. The topological polar surface area (TPSA) is 12.4 Å². The molecule has 0 bridgehead atoms. The van der Waals surface area contributed by atoms with Gasteiger partial charge in [-0.25, -0.2) is 0 Å². The first-order valence-electron chi connectivity index (χ1n) is 2.92. The smallest absolute Gasteiger partial charge is 0.0277 e. The molecule has 0 rings (SSSR count). The summed E-state index contributed by atoms with van der Waals surface area (Å²) in [6.45, 7) is 7.71. The number of hydrogen-bond donors (Lipinski definition) is 0. The van der Waals surface area contributed by atoms with Crippen molar-refractivity contribution in [2.24, 2.45) is 4.99 Å². The van der Waals surface area contributed by atoms with Crippen LogP contribution in [0, 0.1) is 0 Å². The largest absolute Gasteiger partial charge is 0.296 e. The monoisotopic (exact) mass is 123 g/mol. The number of aliphatic imine (C=N–C) groups is 1. The molecule has 50 valence electrons. The molecule has 0 aromatic rings. The third kappa shape index (κ3) is 5.01. The van der Waals surface area contributed by atoms with E-state index in [1.54, 1.807) is 7.05 Å². The quantitative estimate of drug-likeness (QED) is 0.394. The lowest BCUT2D eigenvalue weighted by atomic mass is 10.2. The van der Waals surface area contributed by atoms with Gasteiger partial charge < -0.3 is 0 Å². The van der Waals surface area contributed by atoms with Crippen molar-refractivity contribution >= 4 is 6.21 Å². The second kappa shape index (κ2) is 4.07. The average molecular weight is 123 g/mol. The Kier molecular flexibility index (Phi) is 3.69. The predicted octanol–water partition coefficient (Wildman–Crippen LogP) is 2.21. The van der Waals surface area contributed by atoms with Crippen LogP contribution in [0.15, 0.2) is 28.8 Å². The van der Waals surface area contributed by atoms with E-state index in [1.165, 1.54) is 0 Å². The van der Waals surface area contributed by atoms with Gasteiger partial charge in [-0.05, 0) is 19.4 Å². The van der Waals surface area contributed by atoms with Crippen molar-refractivity contribution in [1.29, 1.82) is 0 Å². The van der Waals surface area contributed by atoms with Crippen LogP contribution in [-0.4, -0.2) is 13.3 Å². The first kappa shape index (κ1) is 8.15. The molecule has 0 radical (unpaired) electrons. The van der Waals surface area contributed by atoms with Crippen molar-refractivity contribution < 1.29 is 0 Å². The zero-order valence-corrected chi connectivity index (χ0v) is 6.31. The van der Waals surface area contributed by atoms with Gasteiger partial charge in [-0.3, -0.25) is 4.99 Å². The second-order valence-corrected chi connectivity index (χ2v) is 2.12. The van der Waals surface area contributed by atoms with Gasteiger partial charge in [0.2, 0.25) is 0 Å². The fourth-order valence-corrected chi connectivity index (χ4v) is 0.630. The highest BCUT2D eigenvalue weighted by molar-refractivity contribution is 5.78. The predicted molar refractivity (Wildman–Crippen MR) is 43.0 cm³/mol. The van der Waals surface area contributed by atoms with Crippen LogP contribution in [0.25, 0.3) is 0 Å². The van der Waals surface area contributed by atoms with Gasteiger partial charge in [0, 0.05) is 13.3 Å². The van der Waals surface area contributed by atoms with Crippen molar-refractivity contribution in [1.82, 2.24) is 0 Å². The Morgan fingerprint density at radius 2 is 2.00 bits per heavy atom. The Labute approximate surface area is 56.8 Å². The van der Waals surface area contributed by atoms with Crippen LogP contribution in [0.1, 0.15) is 13.8 Å². The van der Waals surface area contributed by atoms with Gasteiger partial charge in [0.25, 0.3) is 0 Å². The SMILES string of the molecule is C=C(C)/C=C(\C)C=NC. The molecule has 1 heteroatoms. The van der Waals surface area contributed by atoms with Crippen LogP contribution >= 0.6 is 0 Å². The summed E-state index contributed by atoms with van der Waals surface area (Å²) in [6, 6.07) is 0. The molecule has 0 aliphatic heterocycles. The minimum Gasteiger partial charge on any atom is -0.296 e. The molecular formula is C8H13N. The standard InChI is InChI=1S/C8H13N/c1-7(2)5-8(3)6-9-4/h5-6H,1H2,2-4H3/b8-5+,9-6?. The molecule has 0 amide bonds. The van der Waals surface area contributed by atoms with Crippen LogP contribution in [0.4, 0.5) is 0 Å². The van der Waals surface area contributed by atoms with Crippen LogP contribution in [0.3, 0.4) is 0 Å². The van der Waals surface area contributed by atoms with Gasteiger partial charge in [-0.1, -0.05) is 18.2 Å². The summed E-state index contributed by atoms with van der Waals surface area (Å²) in [7, 11) is 1.76. The highest BCUT2D eigenvalue weighted by atomic mass is 14.6. The molecule has 0 saturated heterocycles. The minimum atomic E-state index is 1.06. The molecule has 0 fully saturated rings. The molecule has 0 aliphatic carbocycles. The summed E-state index contributed by atoms with van der Waals surface area (Å²) in [4.78, 5) is 3.85. The van der Waals surface area contributed by atoms with Crippen molar-refractivity contribution in [2.75, 3.05) is 7.05 Å². The van der Waals surface area contributed by atoms with E-state index < -0.39 is 0 Å². The summed E-state index contributed by atoms with van der Waals surface area (Å²) in [5.74, 6) is 0. The molecule has 0 aromatic carbocycles. The molecule has 0 spiro atoms. The lowest BCUT2D eigenvalue weighted by Crippen LogP contribution is -1.76. The molecule has 0 aromatic heterocycles. The fourth-order valence-electron chi connectivity index (χ4n) is 0.630. The fraction of sp³-hybridized carbons (Fsp3) is 0.375. The summed E-state index contributed by atoms with van der Waals surface area (Å²) < 4.78 is 0. The number of allylic oxidation sites excluding steroid dienone is 3. The van der Waals surface area contributed by atoms with Gasteiger partial charge in [-0.2, -0.15) is 0 Å². The van der Waals surface area contributed by atoms with E-state index in [-0.39, 0.29) is 0 Å². The van der Waals surface area contributed by atoms with Crippen molar-refractivity contribution in [3.63, 3.8) is 0 Å². The average Bonchev–Trinajstić information content (AvgIpc) is 1.63. The van der Waals surface area contributed by atoms with E-state index in [2.05, 4.69) is 11.6 Å². The Hall–Kier alpha value is -0.850. The van der Waals surface area contributed by atoms with E-state index in [9.17, 15) is 0 Å². The van der Waals surface area contributed by atoms with Crippen molar-refractivity contribution in [3.8, 4) is 0 Å². The van der Waals surface area contributed by atoms with E-state index >= 15 is 0 Å². The molecule has 0 saturated carbocycles. The summed E-state index contributed by atoms with van der Waals surface area (Å²) in [6.07, 6.45) is 3.81. The number of hydrogen-bond acceptors (Lipinski definition) is 1. The van der Waals surface area contributed by atoms with E-state index in [0.717, 1.165) is 11.1 Å². The molecule has 1 nitrogen and oxygen atoms in total. The zero-order valence-electron chi connectivity index (χ0n) is 6.31. The maximum absolute atomic E-state index is 3.85. The first-order valence-corrected chi connectivity index (χ1v) is 2.92. The molecule has 9 heavy (non-hydrogen) atoms. The first-order chi connectivity index (χ1) is 4.16. The summed E-state index contributed by atoms with van der Waals surface area (Å²) >= 11 is 0. The number of rotatable bonds is 2. The van der Waals surface area contributed by atoms with Gasteiger partial charge in [0.1, 0.15) is 0 Å². The normalized spacial score (nSPS) is 12.6.